The van der Waals surface area contributed by atoms with E-state index >= 15 is 0 Å². The Morgan fingerprint density at radius 2 is 1.89 bits per heavy atom. The molecule has 2 rings (SSSR count). The number of benzene rings is 1. The van der Waals surface area contributed by atoms with Gasteiger partial charge in [0.2, 0.25) is 0 Å². The van der Waals surface area contributed by atoms with Crippen molar-refractivity contribution in [2.45, 2.75) is 19.9 Å². The van der Waals surface area contributed by atoms with Gasteiger partial charge >= 0.3 is 0 Å². The summed E-state index contributed by atoms with van der Waals surface area (Å²) in [5.41, 5.74) is 2.20. The van der Waals surface area contributed by atoms with E-state index in [1.807, 2.05) is 36.7 Å². The van der Waals surface area contributed by atoms with Crippen LogP contribution in [0.3, 0.4) is 0 Å². The van der Waals surface area contributed by atoms with Crippen LogP contribution in [0.15, 0.2) is 36.7 Å². The number of ether oxygens (including phenoxy) is 1. The number of hydrogen-bond acceptors (Lipinski definition) is 4. The van der Waals surface area contributed by atoms with Gasteiger partial charge in [-0.05, 0) is 12.6 Å². The SMILES string of the molecule is CCNCc1cnc(Cc2ccccc2OC)nc1. The van der Waals surface area contributed by atoms with Gasteiger partial charge in [0.05, 0.1) is 7.11 Å². The lowest BCUT2D eigenvalue weighted by atomic mass is 10.1. The lowest BCUT2D eigenvalue weighted by molar-refractivity contribution is 0.410. The van der Waals surface area contributed by atoms with E-state index in [0.29, 0.717) is 6.42 Å². The molecule has 0 aliphatic carbocycles. The van der Waals surface area contributed by atoms with Gasteiger partial charge in [-0.3, -0.25) is 0 Å². The largest absolute Gasteiger partial charge is 0.496 e. The summed E-state index contributed by atoms with van der Waals surface area (Å²) in [5.74, 6) is 1.69. The summed E-state index contributed by atoms with van der Waals surface area (Å²) in [5, 5.41) is 3.25. The highest BCUT2D eigenvalue weighted by Crippen LogP contribution is 2.19. The molecule has 0 aliphatic rings. The van der Waals surface area contributed by atoms with Crippen LogP contribution in [-0.2, 0) is 13.0 Å². The molecule has 4 heteroatoms. The van der Waals surface area contributed by atoms with Crippen LogP contribution in [0.1, 0.15) is 23.9 Å². The predicted octanol–water partition coefficient (Wildman–Crippen LogP) is 2.19. The van der Waals surface area contributed by atoms with Crippen molar-refractivity contribution in [2.75, 3.05) is 13.7 Å². The molecule has 0 amide bonds. The monoisotopic (exact) mass is 257 g/mol. The number of para-hydroxylation sites is 1. The standard InChI is InChI=1S/C15H19N3O/c1-3-16-9-12-10-17-15(18-11-12)8-13-6-4-5-7-14(13)19-2/h4-7,10-11,16H,3,8-9H2,1-2H3. The molecule has 2 aromatic rings. The molecule has 0 fully saturated rings. The Bertz CT molecular complexity index is 511. The van der Waals surface area contributed by atoms with Crippen molar-refractivity contribution in [1.29, 1.82) is 0 Å². The van der Waals surface area contributed by atoms with Crippen molar-refractivity contribution in [3.63, 3.8) is 0 Å². The summed E-state index contributed by atoms with van der Waals surface area (Å²) in [7, 11) is 1.68. The number of aromatic nitrogens is 2. The van der Waals surface area contributed by atoms with E-state index in [2.05, 4.69) is 22.2 Å². The first-order chi connectivity index (χ1) is 9.33. The van der Waals surface area contributed by atoms with Crippen LogP contribution in [0, 0.1) is 0 Å². The van der Waals surface area contributed by atoms with Gasteiger partial charge in [-0.2, -0.15) is 0 Å². The highest BCUT2D eigenvalue weighted by molar-refractivity contribution is 5.35. The molecule has 0 saturated heterocycles. The number of rotatable bonds is 6. The van der Waals surface area contributed by atoms with Gasteiger partial charge in [0.25, 0.3) is 0 Å². The van der Waals surface area contributed by atoms with Crippen LogP contribution in [0.5, 0.6) is 5.75 Å². The fourth-order valence-electron chi connectivity index (χ4n) is 1.85. The van der Waals surface area contributed by atoms with Crippen LogP contribution < -0.4 is 10.1 Å². The fraction of sp³-hybridized carbons (Fsp3) is 0.333. The molecular formula is C15H19N3O. The molecule has 19 heavy (non-hydrogen) atoms. The average Bonchev–Trinajstić information content (AvgIpc) is 2.47. The maximum absolute atomic E-state index is 5.33. The van der Waals surface area contributed by atoms with Gasteiger partial charge in [0.15, 0.2) is 0 Å². The molecule has 1 aromatic heterocycles. The van der Waals surface area contributed by atoms with E-state index in [4.69, 9.17) is 4.74 Å². The number of hydrogen-bond donors (Lipinski definition) is 1. The molecule has 1 N–H and O–H groups in total. The van der Waals surface area contributed by atoms with Gasteiger partial charge < -0.3 is 10.1 Å². The lowest BCUT2D eigenvalue weighted by Crippen LogP contribution is -2.12. The highest BCUT2D eigenvalue weighted by atomic mass is 16.5. The molecule has 0 unspecified atom stereocenters. The van der Waals surface area contributed by atoms with E-state index in [1.54, 1.807) is 7.11 Å². The average molecular weight is 257 g/mol. The van der Waals surface area contributed by atoms with E-state index in [0.717, 1.165) is 35.8 Å². The molecule has 0 bridgehead atoms. The molecule has 0 saturated carbocycles. The molecular weight excluding hydrogens is 238 g/mol. The fourth-order valence-corrected chi connectivity index (χ4v) is 1.85. The first-order valence-electron chi connectivity index (χ1n) is 6.46. The van der Waals surface area contributed by atoms with Crippen LogP contribution in [-0.4, -0.2) is 23.6 Å². The van der Waals surface area contributed by atoms with Gasteiger partial charge in [0, 0.05) is 36.5 Å². The topological polar surface area (TPSA) is 47.0 Å². The molecule has 100 valence electrons. The zero-order valence-corrected chi connectivity index (χ0v) is 11.4. The minimum absolute atomic E-state index is 0.686. The molecule has 0 atom stereocenters. The first-order valence-corrected chi connectivity index (χ1v) is 6.46. The summed E-state index contributed by atoms with van der Waals surface area (Å²) in [6.45, 7) is 3.84. The van der Waals surface area contributed by atoms with Gasteiger partial charge in [0.1, 0.15) is 11.6 Å². The molecule has 0 aliphatic heterocycles. The molecule has 1 aromatic carbocycles. The van der Waals surface area contributed by atoms with Crippen molar-refractivity contribution in [2.24, 2.45) is 0 Å². The summed E-state index contributed by atoms with van der Waals surface area (Å²) in [4.78, 5) is 8.79. The van der Waals surface area contributed by atoms with E-state index in [1.165, 1.54) is 0 Å². The van der Waals surface area contributed by atoms with Crippen molar-refractivity contribution in [3.05, 3.63) is 53.6 Å². The zero-order chi connectivity index (χ0) is 13.5. The molecule has 1 heterocycles. The first kappa shape index (κ1) is 13.5. The Morgan fingerprint density at radius 1 is 1.16 bits per heavy atom. The maximum atomic E-state index is 5.33. The second-order valence-corrected chi connectivity index (χ2v) is 4.28. The van der Waals surface area contributed by atoms with E-state index < -0.39 is 0 Å². The molecule has 4 nitrogen and oxygen atoms in total. The summed E-state index contributed by atoms with van der Waals surface area (Å²) >= 11 is 0. The van der Waals surface area contributed by atoms with Crippen LogP contribution in [0.4, 0.5) is 0 Å². The van der Waals surface area contributed by atoms with Crippen LogP contribution in [0.2, 0.25) is 0 Å². The van der Waals surface area contributed by atoms with Gasteiger partial charge in [-0.25, -0.2) is 9.97 Å². The Balaban J connectivity index is 2.06. The zero-order valence-electron chi connectivity index (χ0n) is 11.4. The third kappa shape index (κ3) is 3.76. The second-order valence-electron chi connectivity index (χ2n) is 4.28. The quantitative estimate of drug-likeness (QED) is 0.861. The smallest absolute Gasteiger partial charge is 0.132 e. The Morgan fingerprint density at radius 3 is 2.58 bits per heavy atom. The number of nitrogens with zero attached hydrogens (tertiary/aromatic N) is 2. The predicted molar refractivity (Wildman–Crippen MR) is 75.2 cm³/mol. The number of nitrogens with one attached hydrogen (secondary N) is 1. The minimum Gasteiger partial charge on any atom is -0.496 e. The third-order valence-corrected chi connectivity index (χ3v) is 2.88. The second kappa shape index (κ2) is 6.85. The summed E-state index contributed by atoms with van der Waals surface area (Å²) < 4.78 is 5.33. The summed E-state index contributed by atoms with van der Waals surface area (Å²) in [6, 6.07) is 7.95. The third-order valence-electron chi connectivity index (χ3n) is 2.88. The Labute approximate surface area is 113 Å². The van der Waals surface area contributed by atoms with E-state index in [9.17, 15) is 0 Å². The van der Waals surface area contributed by atoms with Crippen LogP contribution >= 0.6 is 0 Å². The normalized spacial score (nSPS) is 10.4. The Kier molecular flexibility index (Phi) is 4.86. The highest BCUT2D eigenvalue weighted by Gasteiger charge is 2.05. The lowest BCUT2D eigenvalue weighted by Gasteiger charge is -2.07. The Hall–Kier alpha value is -1.94. The minimum atomic E-state index is 0.686. The van der Waals surface area contributed by atoms with Crippen molar-refractivity contribution in [1.82, 2.24) is 15.3 Å². The van der Waals surface area contributed by atoms with Crippen molar-refractivity contribution < 1.29 is 4.74 Å². The van der Waals surface area contributed by atoms with Crippen molar-refractivity contribution >= 4 is 0 Å². The van der Waals surface area contributed by atoms with Gasteiger partial charge in [-0.15, -0.1) is 0 Å². The van der Waals surface area contributed by atoms with Crippen molar-refractivity contribution in [3.8, 4) is 5.75 Å². The van der Waals surface area contributed by atoms with Gasteiger partial charge in [-0.1, -0.05) is 25.1 Å². The molecule has 0 spiro atoms. The molecule has 0 radical (unpaired) electrons. The van der Waals surface area contributed by atoms with Crippen LogP contribution in [0.25, 0.3) is 0 Å². The van der Waals surface area contributed by atoms with E-state index in [-0.39, 0.29) is 0 Å². The summed E-state index contributed by atoms with van der Waals surface area (Å²) in [6.07, 6.45) is 4.44. The maximum Gasteiger partial charge on any atom is 0.132 e. The number of methoxy groups -OCH3 is 1.